The van der Waals surface area contributed by atoms with Crippen LogP contribution in [0.3, 0.4) is 0 Å². The molecule has 19 heavy (non-hydrogen) atoms. The SMILES string of the molecule is CCC(CC)(CO)CNC(=O)CCc1ccccc1. The van der Waals surface area contributed by atoms with E-state index in [1.807, 2.05) is 30.3 Å². The highest BCUT2D eigenvalue weighted by atomic mass is 16.3. The normalized spacial score (nSPS) is 11.3. The predicted molar refractivity (Wildman–Crippen MR) is 77.9 cm³/mol. The second kappa shape index (κ2) is 7.95. The average Bonchev–Trinajstić information content (AvgIpc) is 2.48. The average molecular weight is 263 g/mol. The Hall–Kier alpha value is -1.35. The number of nitrogens with one attached hydrogen (secondary N) is 1. The molecule has 0 heterocycles. The molecule has 0 atom stereocenters. The third kappa shape index (κ3) is 5.03. The summed E-state index contributed by atoms with van der Waals surface area (Å²) in [6.07, 6.45) is 3.01. The van der Waals surface area contributed by atoms with Crippen LogP contribution in [0.15, 0.2) is 30.3 Å². The molecule has 3 nitrogen and oxygen atoms in total. The lowest BCUT2D eigenvalue weighted by molar-refractivity contribution is -0.121. The van der Waals surface area contributed by atoms with Crippen LogP contribution >= 0.6 is 0 Å². The maximum atomic E-state index is 11.8. The van der Waals surface area contributed by atoms with E-state index in [-0.39, 0.29) is 17.9 Å². The van der Waals surface area contributed by atoms with E-state index in [0.717, 1.165) is 19.3 Å². The number of aryl methyl sites for hydroxylation is 1. The summed E-state index contributed by atoms with van der Waals surface area (Å²) >= 11 is 0. The summed E-state index contributed by atoms with van der Waals surface area (Å²) in [5, 5.41) is 12.4. The molecule has 2 N–H and O–H groups in total. The largest absolute Gasteiger partial charge is 0.396 e. The summed E-state index contributed by atoms with van der Waals surface area (Å²) < 4.78 is 0. The monoisotopic (exact) mass is 263 g/mol. The fourth-order valence-corrected chi connectivity index (χ4v) is 2.06. The number of aliphatic hydroxyl groups excluding tert-OH is 1. The van der Waals surface area contributed by atoms with Crippen LogP contribution < -0.4 is 5.32 Å². The van der Waals surface area contributed by atoms with E-state index in [1.165, 1.54) is 5.56 Å². The maximum Gasteiger partial charge on any atom is 0.220 e. The molecular formula is C16H25NO2. The van der Waals surface area contributed by atoms with Gasteiger partial charge >= 0.3 is 0 Å². The minimum Gasteiger partial charge on any atom is -0.396 e. The van der Waals surface area contributed by atoms with Gasteiger partial charge in [-0.05, 0) is 24.8 Å². The zero-order valence-corrected chi connectivity index (χ0v) is 12.0. The summed E-state index contributed by atoms with van der Waals surface area (Å²) in [5.41, 5.74) is 1.01. The van der Waals surface area contributed by atoms with Crippen molar-refractivity contribution < 1.29 is 9.90 Å². The second-order valence-corrected chi connectivity index (χ2v) is 5.13. The van der Waals surface area contributed by atoms with Gasteiger partial charge in [0.25, 0.3) is 0 Å². The van der Waals surface area contributed by atoms with Crippen LogP contribution in [-0.4, -0.2) is 24.2 Å². The molecule has 0 aliphatic rings. The molecule has 0 aliphatic carbocycles. The molecule has 106 valence electrons. The molecule has 0 unspecified atom stereocenters. The molecular weight excluding hydrogens is 238 g/mol. The molecule has 0 aromatic heterocycles. The fourth-order valence-electron chi connectivity index (χ4n) is 2.06. The molecule has 0 saturated carbocycles. The van der Waals surface area contributed by atoms with Crippen molar-refractivity contribution in [2.24, 2.45) is 5.41 Å². The van der Waals surface area contributed by atoms with Crippen molar-refractivity contribution >= 4 is 5.91 Å². The van der Waals surface area contributed by atoms with Gasteiger partial charge in [-0.2, -0.15) is 0 Å². The third-order valence-electron chi connectivity index (χ3n) is 3.98. The molecule has 1 amide bonds. The first-order valence-corrected chi connectivity index (χ1v) is 7.07. The minimum atomic E-state index is -0.164. The van der Waals surface area contributed by atoms with Gasteiger partial charge in [0.15, 0.2) is 0 Å². The summed E-state index contributed by atoms with van der Waals surface area (Å²) in [4.78, 5) is 11.8. The van der Waals surface area contributed by atoms with Gasteiger partial charge in [-0.1, -0.05) is 44.2 Å². The lowest BCUT2D eigenvalue weighted by Crippen LogP contribution is -2.39. The van der Waals surface area contributed by atoms with Crippen LogP contribution in [0.1, 0.15) is 38.7 Å². The van der Waals surface area contributed by atoms with E-state index in [9.17, 15) is 9.90 Å². The molecule has 0 bridgehead atoms. The lowest BCUT2D eigenvalue weighted by Gasteiger charge is -2.29. The highest BCUT2D eigenvalue weighted by Gasteiger charge is 2.25. The summed E-state index contributed by atoms with van der Waals surface area (Å²) in [6, 6.07) is 10.0. The fraction of sp³-hybridized carbons (Fsp3) is 0.562. The van der Waals surface area contributed by atoms with E-state index in [4.69, 9.17) is 0 Å². The number of aliphatic hydroxyl groups is 1. The summed E-state index contributed by atoms with van der Waals surface area (Å²) in [6.45, 7) is 4.79. The molecule has 1 aromatic rings. The van der Waals surface area contributed by atoms with Crippen molar-refractivity contribution in [2.45, 2.75) is 39.5 Å². The summed E-state index contributed by atoms with van der Waals surface area (Å²) in [7, 11) is 0. The molecule has 0 fully saturated rings. The quantitative estimate of drug-likeness (QED) is 0.757. The number of carbonyl (C=O) groups excluding carboxylic acids is 1. The number of amides is 1. The van der Waals surface area contributed by atoms with Gasteiger partial charge in [0.05, 0.1) is 6.61 Å². The van der Waals surface area contributed by atoms with E-state index in [0.29, 0.717) is 13.0 Å². The lowest BCUT2D eigenvalue weighted by atomic mass is 9.83. The number of benzene rings is 1. The van der Waals surface area contributed by atoms with Crippen LogP contribution in [0, 0.1) is 5.41 Å². The standard InChI is InChI=1S/C16H25NO2/c1-3-16(4-2,13-18)12-17-15(19)11-10-14-8-6-5-7-9-14/h5-9,18H,3-4,10-13H2,1-2H3,(H,17,19). The topological polar surface area (TPSA) is 49.3 Å². The first-order chi connectivity index (χ1) is 9.15. The van der Waals surface area contributed by atoms with Gasteiger partial charge in [0, 0.05) is 18.4 Å². The molecule has 0 saturated heterocycles. The highest BCUT2D eigenvalue weighted by molar-refractivity contribution is 5.76. The first-order valence-electron chi connectivity index (χ1n) is 7.07. The Morgan fingerprint density at radius 1 is 1.21 bits per heavy atom. The van der Waals surface area contributed by atoms with Crippen LogP contribution in [0.25, 0.3) is 0 Å². The van der Waals surface area contributed by atoms with Crippen LogP contribution in [0.2, 0.25) is 0 Å². The maximum absolute atomic E-state index is 11.8. The van der Waals surface area contributed by atoms with E-state index in [2.05, 4.69) is 19.2 Å². The summed E-state index contributed by atoms with van der Waals surface area (Å²) in [5.74, 6) is 0.0589. The Bertz CT molecular complexity index is 363. The smallest absolute Gasteiger partial charge is 0.220 e. The van der Waals surface area contributed by atoms with Gasteiger partial charge in [-0.3, -0.25) is 4.79 Å². The Balaban J connectivity index is 2.35. The van der Waals surface area contributed by atoms with Gasteiger partial charge in [0.1, 0.15) is 0 Å². The second-order valence-electron chi connectivity index (χ2n) is 5.13. The van der Waals surface area contributed by atoms with Crippen LogP contribution in [0.4, 0.5) is 0 Å². The molecule has 3 heteroatoms. The van der Waals surface area contributed by atoms with Crippen molar-refractivity contribution in [3.8, 4) is 0 Å². The van der Waals surface area contributed by atoms with Crippen LogP contribution in [0.5, 0.6) is 0 Å². The molecule has 0 radical (unpaired) electrons. The molecule has 1 rings (SSSR count). The zero-order chi connectivity index (χ0) is 14.1. The van der Waals surface area contributed by atoms with E-state index >= 15 is 0 Å². The Morgan fingerprint density at radius 2 is 1.84 bits per heavy atom. The van der Waals surface area contributed by atoms with Crippen molar-refractivity contribution in [1.29, 1.82) is 0 Å². The van der Waals surface area contributed by atoms with Gasteiger partial charge < -0.3 is 10.4 Å². The third-order valence-corrected chi connectivity index (χ3v) is 3.98. The number of hydrogen-bond donors (Lipinski definition) is 2. The van der Waals surface area contributed by atoms with Crippen LogP contribution in [-0.2, 0) is 11.2 Å². The highest BCUT2D eigenvalue weighted by Crippen LogP contribution is 2.24. The zero-order valence-electron chi connectivity index (χ0n) is 12.0. The van der Waals surface area contributed by atoms with Crippen molar-refractivity contribution in [2.75, 3.05) is 13.2 Å². The first kappa shape index (κ1) is 15.7. The number of carbonyl (C=O) groups is 1. The Labute approximate surface area is 116 Å². The van der Waals surface area contributed by atoms with Crippen molar-refractivity contribution in [1.82, 2.24) is 5.32 Å². The van der Waals surface area contributed by atoms with Gasteiger partial charge in [-0.15, -0.1) is 0 Å². The van der Waals surface area contributed by atoms with Gasteiger partial charge in [-0.25, -0.2) is 0 Å². The van der Waals surface area contributed by atoms with Crippen molar-refractivity contribution in [3.63, 3.8) is 0 Å². The molecule has 1 aromatic carbocycles. The minimum absolute atomic E-state index is 0.0589. The number of rotatable bonds is 8. The number of hydrogen-bond acceptors (Lipinski definition) is 2. The predicted octanol–water partition coefficient (Wildman–Crippen LogP) is 2.53. The Morgan fingerprint density at radius 3 is 2.37 bits per heavy atom. The van der Waals surface area contributed by atoms with E-state index in [1.54, 1.807) is 0 Å². The Kier molecular flexibility index (Phi) is 6.57. The van der Waals surface area contributed by atoms with Crippen molar-refractivity contribution in [3.05, 3.63) is 35.9 Å². The van der Waals surface area contributed by atoms with E-state index < -0.39 is 0 Å². The molecule has 0 aliphatic heterocycles. The molecule has 0 spiro atoms. The van der Waals surface area contributed by atoms with Gasteiger partial charge in [0.2, 0.25) is 5.91 Å².